The van der Waals surface area contributed by atoms with Crippen LogP contribution < -0.4 is 4.74 Å². The van der Waals surface area contributed by atoms with Gasteiger partial charge in [-0.25, -0.2) is 4.99 Å². The van der Waals surface area contributed by atoms with Crippen molar-refractivity contribution in [3.05, 3.63) is 59.0 Å². The Morgan fingerprint density at radius 1 is 1.06 bits per heavy atom. The second-order valence-electron chi connectivity index (χ2n) is 7.95. The number of para-hydroxylation sites is 1. The summed E-state index contributed by atoms with van der Waals surface area (Å²) < 4.78 is 38.1. The van der Waals surface area contributed by atoms with E-state index >= 15 is 0 Å². The van der Waals surface area contributed by atoms with Gasteiger partial charge < -0.3 is 4.74 Å². The van der Waals surface area contributed by atoms with Gasteiger partial charge >= 0.3 is 0 Å². The summed E-state index contributed by atoms with van der Waals surface area (Å²) in [6, 6.07) is 13.8. The van der Waals surface area contributed by atoms with Gasteiger partial charge in [0.05, 0.1) is 17.7 Å². The summed E-state index contributed by atoms with van der Waals surface area (Å²) in [5.74, 6) is -0.136. The van der Waals surface area contributed by atoms with Crippen molar-refractivity contribution in [1.82, 2.24) is 4.90 Å². The smallest absolute Gasteiger partial charge is 0.298 e. The SMILES string of the molecule is CCCCCCCCN1C(=O)C(=Cc2ccc(OC)c(S(=O)(=O)O)c2)SC1=Nc1ccccc1. The van der Waals surface area contributed by atoms with Gasteiger partial charge in [0.1, 0.15) is 10.6 Å². The van der Waals surface area contributed by atoms with Crippen molar-refractivity contribution in [2.75, 3.05) is 13.7 Å². The zero-order valence-corrected chi connectivity index (χ0v) is 21.1. The average molecular weight is 503 g/mol. The summed E-state index contributed by atoms with van der Waals surface area (Å²) in [6.07, 6.45) is 8.29. The summed E-state index contributed by atoms with van der Waals surface area (Å²) in [7, 11) is -3.16. The van der Waals surface area contributed by atoms with Crippen molar-refractivity contribution < 1.29 is 22.5 Å². The second-order valence-corrected chi connectivity index (χ2v) is 10.3. The number of unbranched alkanes of at least 4 members (excludes halogenated alkanes) is 5. The second kappa shape index (κ2) is 12.2. The monoisotopic (exact) mass is 502 g/mol. The molecule has 2 aromatic carbocycles. The van der Waals surface area contributed by atoms with Crippen molar-refractivity contribution in [2.45, 2.75) is 50.3 Å². The van der Waals surface area contributed by atoms with E-state index in [0.29, 0.717) is 22.2 Å². The minimum absolute atomic E-state index is 0.0334. The topological polar surface area (TPSA) is 96.3 Å². The number of benzene rings is 2. The van der Waals surface area contributed by atoms with Crippen molar-refractivity contribution in [1.29, 1.82) is 0 Å². The van der Waals surface area contributed by atoms with E-state index in [2.05, 4.69) is 11.9 Å². The number of hydrogen-bond donors (Lipinski definition) is 1. The third kappa shape index (κ3) is 6.94. The van der Waals surface area contributed by atoms with Crippen LogP contribution in [0.3, 0.4) is 0 Å². The van der Waals surface area contributed by atoms with E-state index < -0.39 is 10.1 Å². The lowest BCUT2D eigenvalue weighted by Gasteiger charge is -2.15. The van der Waals surface area contributed by atoms with E-state index in [-0.39, 0.29) is 16.6 Å². The van der Waals surface area contributed by atoms with E-state index in [1.165, 1.54) is 50.3 Å². The van der Waals surface area contributed by atoms with Crippen LogP contribution in [0.2, 0.25) is 0 Å². The molecule has 1 aliphatic heterocycles. The number of amides is 1. The van der Waals surface area contributed by atoms with Crippen molar-refractivity contribution in [3.8, 4) is 5.75 Å². The lowest BCUT2D eigenvalue weighted by atomic mass is 10.1. The molecule has 34 heavy (non-hydrogen) atoms. The molecule has 1 heterocycles. The number of nitrogens with zero attached hydrogens (tertiary/aromatic N) is 2. The fourth-order valence-corrected chi connectivity index (χ4v) is 5.30. The third-order valence-corrected chi connectivity index (χ3v) is 7.25. The first kappa shape index (κ1) is 26.0. The first-order chi connectivity index (χ1) is 16.3. The number of carbonyl (C=O) groups excluding carboxylic acids is 1. The van der Waals surface area contributed by atoms with Crippen LogP contribution in [0, 0.1) is 0 Å². The van der Waals surface area contributed by atoms with Crippen molar-refractivity contribution >= 4 is 44.7 Å². The standard InChI is InChI=1S/C25H30N2O5S2/c1-3-4-5-6-7-11-16-27-24(28)22(33-25(27)26-20-12-9-8-10-13-20)17-19-14-15-21(32-2)23(18-19)34(29,30)31/h8-10,12-15,17-18H,3-7,11,16H2,1-2H3,(H,29,30,31). The number of carbonyl (C=O) groups is 1. The quantitative estimate of drug-likeness (QED) is 0.233. The maximum atomic E-state index is 13.2. The Morgan fingerprint density at radius 2 is 1.76 bits per heavy atom. The minimum Gasteiger partial charge on any atom is -0.495 e. The first-order valence-corrected chi connectivity index (χ1v) is 13.6. The lowest BCUT2D eigenvalue weighted by molar-refractivity contribution is -0.122. The highest BCUT2D eigenvalue weighted by atomic mass is 32.2. The number of ether oxygens (including phenoxy) is 1. The van der Waals surface area contributed by atoms with E-state index in [9.17, 15) is 17.8 Å². The van der Waals surface area contributed by atoms with Crippen LogP contribution >= 0.6 is 11.8 Å². The highest BCUT2D eigenvalue weighted by Crippen LogP contribution is 2.35. The molecule has 1 saturated heterocycles. The molecular weight excluding hydrogens is 472 g/mol. The molecule has 0 spiro atoms. The molecule has 0 atom stereocenters. The highest BCUT2D eigenvalue weighted by molar-refractivity contribution is 8.18. The van der Waals surface area contributed by atoms with Gasteiger partial charge in [0.15, 0.2) is 5.17 Å². The molecule has 0 radical (unpaired) electrons. The Kier molecular flexibility index (Phi) is 9.32. The van der Waals surface area contributed by atoms with E-state index in [1.807, 2.05) is 30.3 Å². The zero-order valence-electron chi connectivity index (χ0n) is 19.4. The van der Waals surface area contributed by atoms with Gasteiger partial charge in [-0.05, 0) is 54.1 Å². The molecule has 1 fully saturated rings. The molecule has 1 aliphatic rings. The van der Waals surface area contributed by atoms with Crippen LogP contribution in [0.15, 0.2) is 63.3 Å². The number of hydrogen-bond acceptors (Lipinski definition) is 6. The molecule has 3 rings (SSSR count). The predicted molar refractivity (Wildman–Crippen MR) is 137 cm³/mol. The minimum atomic E-state index is -4.48. The molecule has 0 bridgehead atoms. The Bertz CT molecular complexity index is 1160. The van der Waals surface area contributed by atoms with Crippen LogP contribution in [0.5, 0.6) is 5.75 Å². The first-order valence-electron chi connectivity index (χ1n) is 11.3. The van der Waals surface area contributed by atoms with Gasteiger partial charge in [-0.15, -0.1) is 0 Å². The van der Waals surface area contributed by atoms with Crippen LogP contribution in [0.4, 0.5) is 5.69 Å². The van der Waals surface area contributed by atoms with E-state index in [0.717, 1.165) is 24.9 Å². The Hall–Kier alpha value is -2.62. The van der Waals surface area contributed by atoms with E-state index in [1.54, 1.807) is 17.0 Å². The summed E-state index contributed by atoms with van der Waals surface area (Å²) in [5.41, 5.74) is 1.22. The van der Waals surface area contributed by atoms with Gasteiger partial charge in [-0.2, -0.15) is 8.42 Å². The molecule has 0 saturated carbocycles. The van der Waals surface area contributed by atoms with Crippen LogP contribution in [0.25, 0.3) is 6.08 Å². The Labute approximate surface area is 205 Å². The number of thioether (sulfide) groups is 1. The van der Waals surface area contributed by atoms with Gasteiger partial charge in [0.2, 0.25) is 0 Å². The maximum Gasteiger partial charge on any atom is 0.298 e. The summed E-state index contributed by atoms with van der Waals surface area (Å²) in [4.78, 5) is 19.7. The van der Waals surface area contributed by atoms with Crippen LogP contribution in [0.1, 0.15) is 51.0 Å². The number of methoxy groups -OCH3 is 1. The van der Waals surface area contributed by atoms with Crippen LogP contribution in [-0.4, -0.2) is 42.6 Å². The normalized spacial score (nSPS) is 16.6. The molecule has 182 valence electrons. The molecule has 1 amide bonds. The average Bonchev–Trinajstić information content (AvgIpc) is 3.10. The number of amidine groups is 1. The molecular formula is C25H30N2O5S2. The van der Waals surface area contributed by atoms with E-state index in [4.69, 9.17) is 4.74 Å². The third-order valence-electron chi connectivity index (χ3n) is 5.37. The van der Waals surface area contributed by atoms with Gasteiger partial charge in [-0.3, -0.25) is 14.2 Å². The summed E-state index contributed by atoms with van der Waals surface area (Å²) >= 11 is 1.26. The fraction of sp³-hybridized carbons (Fsp3) is 0.360. The molecule has 0 unspecified atom stereocenters. The van der Waals surface area contributed by atoms with Gasteiger partial charge in [0, 0.05) is 6.54 Å². The molecule has 0 aromatic heterocycles. The molecule has 9 heteroatoms. The number of rotatable bonds is 11. The fourth-order valence-electron chi connectivity index (χ4n) is 3.59. The molecule has 1 N–H and O–H groups in total. The maximum absolute atomic E-state index is 13.2. The molecule has 7 nitrogen and oxygen atoms in total. The van der Waals surface area contributed by atoms with Gasteiger partial charge in [-0.1, -0.05) is 63.3 Å². The lowest BCUT2D eigenvalue weighted by Crippen LogP contribution is -2.30. The summed E-state index contributed by atoms with van der Waals surface area (Å²) in [6.45, 7) is 2.75. The molecule has 2 aromatic rings. The summed E-state index contributed by atoms with van der Waals surface area (Å²) in [5, 5.41) is 0.597. The Morgan fingerprint density at radius 3 is 2.44 bits per heavy atom. The molecule has 0 aliphatic carbocycles. The predicted octanol–water partition coefficient (Wildman–Crippen LogP) is 5.91. The number of aliphatic imine (C=N–C) groups is 1. The van der Waals surface area contributed by atoms with Crippen LogP contribution in [-0.2, 0) is 14.9 Å². The largest absolute Gasteiger partial charge is 0.495 e. The zero-order chi connectivity index (χ0) is 24.6. The highest BCUT2D eigenvalue weighted by Gasteiger charge is 2.33. The van der Waals surface area contributed by atoms with Gasteiger partial charge in [0.25, 0.3) is 16.0 Å². The Balaban J connectivity index is 1.86. The van der Waals surface area contributed by atoms with Crippen molar-refractivity contribution in [2.24, 2.45) is 4.99 Å². The van der Waals surface area contributed by atoms with Crippen molar-refractivity contribution in [3.63, 3.8) is 0 Å².